The van der Waals surface area contributed by atoms with Crippen LogP contribution in [0.1, 0.15) is 50.6 Å². The van der Waals surface area contributed by atoms with Crippen LogP contribution in [0.5, 0.6) is 0 Å². The Morgan fingerprint density at radius 2 is 1.86 bits per heavy atom. The zero-order valence-electron chi connectivity index (χ0n) is 12.5. The Morgan fingerprint density at radius 1 is 1.19 bits per heavy atom. The lowest BCUT2D eigenvalue weighted by Gasteiger charge is -2.44. The number of hydrogen-bond donors (Lipinski definition) is 1. The van der Waals surface area contributed by atoms with E-state index in [4.69, 9.17) is 0 Å². The maximum Gasteiger partial charge on any atom is 0.249 e. The summed E-state index contributed by atoms with van der Waals surface area (Å²) in [6.45, 7) is 2.68. The summed E-state index contributed by atoms with van der Waals surface area (Å²) < 4.78 is 0. The fourth-order valence-electron chi connectivity index (χ4n) is 3.65. The van der Waals surface area contributed by atoms with Crippen molar-refractivity contribution in [3.63, 3.8) is 0 Å². The second kappa shape index (κ2) is 5.51. The van der Waals surface area contributed by atoms with Crippen molar-refractivity contribution in [2.45, 2.75) is 50.6 Å². The third-order valence-corrected chi connectivity index (χ3v) is 4.63. The van der Waals surface area contributed by atoms with E-state index in [1.165, 1.54) is 0 Å². The van der Waals surface area contributed by atoms with E-state index in [1.807, 2.05) is 37.3 Å². The minimum Gasteiger partial charge on any atom is -0.340 e. The van der Waals surface area contributed by atoms with Gasteiger partial charge in [0, 0.05) is 6.54 Å². The highest BCUT2D eigenvalue weighted by Crippen LogP contribution is 2.38. The molecule has 0 radical (unpaired) electrons. The van der Waals surface area contributed by atoms with Crippen LogP contribution in [0.4, 0.5) is 0 Å². The number of piperazine rings is 1. The summed E-state index contributed by atoms with van der Waals surface area (Å²) in [7, 11) is 0. The summed E-state index contributed by atoms with van der Waals surface area (Å²) in [6.07, 6.45) is 4.45. The normalized spacial score (nSPS) is 24.4. The van der Waals surface area contributed by atoms with Crippen LogP contribution in [0.15, 0.2) is 30.3 Å². The Balaban J connectivity index is 1.97. The summed E-state index contributed by atoms with van der Waals surface area (Å²) in [5.41, 5.74) is 0.266. The highest BCUT2D eigenvalue weighted by molar-refractivity contribution is 6.00. The smallest absolute Gasteiger partial charge is 0.249 e. The molecule has 2 amide bonds. The van der Waals surface area contributed by atoms with Crippen molar-refractivity contribution >= 4 is 11.8 Å². The van der Waals surface area contributed by atoms with E-state index in [9.17, 15) is 9.59 Å². The van der Waals surface area contributed by atoms with Gasteiger partial charge in [0.25, 0.3) is 0 Å². The van der Waals surface area contributed by atoms with Crippen LogP contribution >= 0.6 is 0 Å². The van der Waals surface area contributed by atoms with Crippen LogP contribution in [0.25, 0.3) is 0 Å². The van der Waals surface area contributed by atoms with Gasteiger partial charge in [0.15, 0.2) is 0 Å². The molecule has 0 bridgehead atoms. The molecule has 1 atom stereocenters. The van der Waals surface area contributed by atoms with E-state index in [0.717, 1.165) is 37.7 Å². The number of rotatable bonds is 3. The zero-order chi connectivity index (χ0) is 14.9. The van der Waals surface area contributed by atoms with Crippen LogP contribution in [0.3, 0.4) is 0 Å². The third kappa shape index (κ3) is 2.33. The van der Waals surface area contributed by atoms with Crippen LogP contribution in [0.2, 0.25) is 0 Å². The van der Waals surface area contributed by atoms with Crippen molar-refractivity contribution in [3.05, 3.63) is 35.9 Å². The number of nitrogens with one attached hydrogen (secondary N) is 1. The topological polar surface area (TPSA) is 49.4 Å². The van der Waals surface area contributed by atoms with Gasteiger partial charge in [-0.2, -0.15) is 0 Å². The van der Waals surface area contributed by atoms with Gasteiger partial charge < -0.3 is 10.2 Å². The summed E-state index contributed by atoms with van der Waals surface area (Å²) in [4.78, 5) is 27.5. The molecule has 4 heteroatoms. The Kier molecular flexibility index (Phi) is 3.70. The van der Waals surface area contributed by atoms with Crippen LogP contribution in [-0.2, 0) is 9.59 Å². The SMILES string of the molecule is CCCN1C(=O)C2(CCCC2)NC(=O)C1c1ccccc1. The summed E-state index contributed by atoms with van der Waals surface area (Å²) in [5, 5.41) is 3.05. The van der Waals surface area contributed by atoms with Crippen molar-refractivity contribution < 1.29 is 9.59 Å². The van der Waals surface area contributed by atoms with Crippen LogP contribution < -0.4 is 5.32 Å². The van der Waals surface area contributed by atoms with Gasteiger partial charge in [0.05, 0.1) is 0 Å². The van der Waals surface area contributed by atoms with Crippen molar-refractivity contribution in [1.82, 2.24) is 10.2 Å². The monoisotopic (exact) mass is 286 g/mol. The Morgan fingerprint density at radius 3 is 2.48 bits per heavy atom. The molecule has 21 heavy (non-hydrogen) atoms. The first kappa shape index (κ1) is 14.1. The lowest BCUT2D eigenvalue weighted by atomic mass is 9.88. The Bertz CT molecular complexity index is 535. The molecule has 1 N–H and O–H groups in total. The van der Waals surface area contributed by atoms with Gasteiger partial charge in [-0.05, 0) is 24.8 Å². The lowest BCUT2D eigenvalue weighted by molar-refractivity contribution is -0.155. The van der Waals surface area contributed by atoms with Gasteiger partial charge in [0.2, 0.25) is 11.8 Å². The average molecular weight is 286 g/mol. The molecule has 1 saturated heterocycles. The molecule has 4 nitrogen and oxygen atoms in total. The standard InChI is InChI=1S/C17H22N2O2/c1-2-12-19-14(13-8-4-3-5-9-13)15(20)18-17(16(19)21)10-6-7-11-17/h3-5,8-9,14H,2,6-7,10-12H2,1H3,(H,18,20). The summed E-state index contributed by atoms with van der Waals surface area (Å²) in [6, 6.07) is 9.12. The molecule has 1 aliphatic heterocycles. The Hall–Kier alpha value is -1.84. The molecule has 2 aliphatic rings. The molecule has 3 rings (SSSR count). The molecule has 2 fully saturated rings. The molecule has 0 aromatic heterocycles. The molecule has 1 aromatic carbocycles. The van der Waals surface area contributed by atoms with Crippen molar-refractivity contribution in [2.24, 2.45) is 0 Å². The fourth-order valence-corrected chi connectivity index (χ4v) is 3.65. The second-order valence-corrected chi connectivity index (χ2v) is 6.09. The number of carbonyl (C=O) groups excluding carboxylic acids is 2. The number of amides is 2. The van der Waals surface area contributed by atoms with E-state index >= 15 is 0 Å². The van der Waals surface area contributed by atoms with Gasteiger partial charge in [0.1, 0.15) is 11.6 Å². The predicted octanol–water partition coefficient (Wildman–Crippen LogP) is 2.41. The van der Waals surface area contributed by atoms with E-state index in [2.05, 4.69) is 5.32 Å². The highest BCUT2D eigenvalue weighted by atomic mass is 16.2. The number of hydrogen-bond acceptors (Lipinski definition) is 2. The second-order valence-electron chi connectivity index (χ2n) is 6.09. The first-order valence-electron chi connectivity index (χ1n) is 7.86. The lowest BCUT2D eigenvalue weighted by Crippen LogP contribution is -2.66. The number of benzene rings is 1. The van der Waals surface area contributed by atoms with Crippen LogP contribution in [0, 0.1) is 0 Å². The number of carbonyl (C=O) groups is 2. The van der Waals surface area contributed by atoms with E-state index in [-0.39, 0.29) is 11.8 Å². The first-order valence-corrected chi connectivity index (χ1v) is 7.86. The van der Waals surface area contributed by atoms with E-state index in [0.29, 0.717) is 6.54 Å². The third-order valence-electron chi connectivity index (χ3n) is 4.63. The van der Waals surface area contributed by atoms with Crippen LogP contribution in [-0.4, -0.2) is 28.8 Å². The van der Waals surface area contributed by atoms with Crippen molar-refractivity contribution in [1.29, 1.82) is 0 Å². The van der Waals surface area contributed by atoms with Gasteiger partial charge >= 0.3 is 0 Å². The van der Waals surface area contributed by atoms with E-state index in [1.54, 1.807) is 4.90 Å². The quantitative estimate of drug-likeness (QED) is 0.927. The highest BCUT2D eigenvalue weighted by Gasteiger charge is 2.52. The maximum atomic E-state index is 13.0. The molecule has 1 spiro atoms. The average Bonchev–Trinajstić information content (AvgIpc) is 2.95. The first-order chi connectivity index (χ1) is 10.2. The molecule has 1 unspecified atom stereocenters. The molecular weight excluding hydrogens is 264 g/mol. The molecular formula is C17H22N2O2. The fraction of sp³-hybridized carbons (Fsp3) is 0.529. The number of nitrogens with zero attached hydrogens (tertiary/aromatic N) is 1. The minimum atomic E-state index is -0.627. The van der Waals surface area contributed by atoms with Crippen molar-refractivity contribution in [2.75, 3.05) is 6.54 Å². The predicted molar refractivity (Wildman–Crippen MR) is 80.5 cm³/mol. The molecule has 1 saturated carbocycles. The Labute approximate surface area is 125 Å². The van der Waals surface area contributed by atoms with E-state index < -0.39 is 11.6 Å². The molecule has 1 heterocycles. The van der Waals surface area contributed by atoms with Gasteiger partial charge in [-0.3, -0.25) is 9.59 Å². The van der Waals surface area contributed by atoms with Gasteiger partial charge in [-0.25, -0.2) is 0 Å². The minimum absolute atomic E-state index is 0.0313. The van der Waals surface area contributed by atoms with Crippen molar-refractivity contribution in [3.8, 4) is 0 Å². The maximum absolute atomic E-state index is 13.0. The largest absolute Gasteiger partial charge is 0.340 e. The molecule has 1 aromatic rings. The van der Waals surface area contributed by atoms with Gasteiger partial charge in [-0.1, -0.05) is 50.1 Å². The summed E-state index contributed by atoms with van der Waals surface area (Å²) in [5.74, 6) is 0.0754. The summed E-state index contributed by atoms with van der Waals surface area (Å²) >= 11 is 0. The van der Waals surface area contributed by atoms with Gasteiger partial charge in [-0.15, -0.1) is 0 Å². The molecule has 1 aliphatic carbocycles. The molecule has 112 valence electrons. The zero-order valence-corrected chi connectivity index (χ0v) is 12.5.